The van der Waals surface area contributed by atoms with Crippen LogP contribution in [0.15, 0.2) is 29.2 Å². The van der Waals surface area contributed by atoms with Crippen molar-refractivity contribution < 1.29 is 13.2 Å². The summed E-state index contributed by atoms with van der Waals surface area (Å²) in [6.07, 6.45) is 2.51. The van der Waals surface area contributed by atoms with Gasteiger partial charge < -0.3 is 10.2 Å². The molecule has 0 bridgehead atoms. The Morgan fingerprint density at radius 3 is 2.70 bits per heavy atom. The molecule has 1 aromatic rings. The molecule has 1 aliphatic heterocycles. The highest BCUT2D eigenvalue weighted by Crippen LogP contribution is 2.21. The fourth-order valence-corrected chi connectivity index (χ4v) is 4.39. The molecule has 23 heavy (non-hydrogen) atoms. The molecule has 1 amide bonds. The van der Waals surface area contributed by atoms with Gasteiger partial charge in [0.25, 0.3) is 5.91 Å². The van der Waals surface area contributed by atoms with Crippen LogP contribution in [0, 0.1) is 0 Å². The minimum Gasteiger partial charge on any atom is -0.337 e. The zero-order valence-corrected chi connectivity index (χ0v) is 15.3. The maximum atomic E-state index is 12.8. The molecule has 1 heterocycles. The minimum absolute atomic E-state index is 0. The SMILES string of the molecule is CCCS(=O)(=O)c1ccccc1C(=O)N1CCCC(NC)C1.Cl. The number of benzene rings is 1. The Morgan fingerprint density at radius 1 is 1.35 bits per heavy atom. The predicted octanol–water partition coefficient (Wildman–Crippen LogP) is 2.12. The van der Waals surface area contributed by atoms with E-state index in [0.29, 0.717) is 25.1 Å². The van der Waals surface area contributed by atoms with Crippen LogP contribution in [0.4, 0.5) is 0 Å². The molecule has 0 spiro atoms. The van der Waals surface area contributed by atoms with Gasteiger partial charge in [0, 0.05) is 19.1 Å². The second-order valence-electron chi connectivity index (χ2n) is 5.69. The van der Waals surface area contributed by atoms with E-state index in [1.54, 1.807) is 23.1 Å². The van der Waals surface area contributed by atoms with Gasteiger partial charge in [0.05, 0.1) is 16.2 Å². The van der Waals surface area contributed by atoms with Crippen LogP contribution in [0.25, 0.3) is 0 Å². The van der Waals surface area contributed by atoms with E-state index in [4.69, 9.17) is 0 Å². The lowest BCUT2D eigenvalue weighted by atomic mass is 10.0. The predicted molar refractivity (Wildman–Crippen MR) is 94.0 cm³/mol. The van der Waals surface area contributed by atoms with Gasteiger partial charge in [-0.3, -0.25) is 4.79 Å². The van der Waals surface area contributed by atoms with E-state index in [-0.39, 0.29) is 35.0 Å². The normalized spacial score (nSPS) is 18.3. The summed E-state index contributed by atoms with van der Waals surface area (Å²) in [6.45, 7) is 3.13. The first kappa shape index (κ1) is 19.9. The highest BCUT2D eigenvalue weighted by atomic mass is 35.5. The number of halogens is 1. The Balaban J connectivity index is 0.00000264. The van der Waals surface area contributed by atoms with Crippen LogP contribution in [0.3, 0.4) is 0 Å². The van der Waals surface area contributed by atoms with Crippen molar-refractivity contribution in [3.05, 3.63) is 29.8 Å². The van der Waals surface area contributed by atoms with Crippen LogP contribution in [-0.2, 0) is 9.84 Å². The molecular formula is C16H25ClN2O3S. The van der Waals surface area contributed by atoms with Gasteiger partial charge in [-0.2, -0.15) is 0 Å². The Labute approximate surface area is 144 Å². The number of piperidine rings is 1. The first-order valence-electron chi connectivity index (χ1n) is 7.78. The van der Waals surface area contributed by atoms with Crippen molar-refractivity contribution in [3.8, 4) is 0 Å². The number of likely N-dealkylation sites (tertiary alicyclic amines) is 1. The number of rotatable bonds is 5. The largest absolute Gasteiger partial charge is 0.337 e. The Kier molecular flexibility index (Phi) is 7.51. The summed E-state index contributed by atoms with van der Waals surface area (Å²) in [5, 5.41) is 3.19. The minimum atomic E-state index is -3.41. The number of likely N-dealkylation sites (N-methyl/N-ethyl adjacent to an activating group) is 1. The summed E-state index contributed by atoms with van der Waals surface area (Å²) < 4.78 is 24.8. The standard InChI is InChI=1S/C16H24N2O3S.ClH/c1-3-11-22(20,21)15-9-5-4-8-14(15)16(19)18-10-6-7-13(12-18)17-2;/h4-5,8-9,13,17H,3,6-7,10-12H2,1-2H3;1H. The monoisotopic (exact) mass is 360 g/mol. The average Bonchev–Trinajstić information content (AvgIpc) is 2.54. The fourth-order valence-electron chi connectivity index (χ4n) is 2.86. The van der Waals surface area contributed by atoms with Gasteiger partial charge in [-0.25, -0.2) is 8.42 Å². The van der Waals surface area contributed by atoms with Crippen molar-refractivity contribution in [2.75, 3.05) is 25.9 Å². The summed E-state index contributed by atoms with van der Waals surface area (Å²) in [5.41, 5.74) is 0.299. The second-order valence-corrected chi connectivity index (χ2v) is 7.77. The molecule has 0 saturated carbocycles. The van der Waals surface area contributed by atoms with Crippen LogP contribution in [0.2, 0.25) is 0 Å². The Hall–Kier alpha value is -1.11. The molecule has 1 aromatic carbocycles. The highest BCUT2D eigenvalue weighted by Gasteiger charge is 2.28. The summed E-state index contributed by atoms with van der Waals surface area (Å²) >= 11 is 0. The van der Waals surface area contributed by atoms with Gasteiger partial charge in [0.2, 0.25) is 0 Å². The van der Waals surface area contributed by atoms with E-state index in [0.717, 1.165) is 12.8 Å². The van der Waals surface area contributed by atoms with Gasteiger partial charge in [0.15, 0.2) is 9.84 Å². The molecule has 2 rings (SSSR count). The molecule has 130 valence electrons. The van der Waals surface area contributed by atoms with Gasteiger partial charge in [0.1, 0.15) is 0 Å². The number of hydrogen-bond donors (Lipinski definition) is 1. The highest BCUT2D eigenvalue weighted by molar-refractivity contribution is 7.91. The zero-order valence-electron chi connectivity index (χ0n) is 13.6. The third-order valence-electron chi connectivity index (χ3n) is 4.04. The van der Waals surface area contributed by atoms with E-state index >= 15 is 0 Å². The molecule has 1 aliphatic rings. The Bertz CT molecular complexity index is 634. The second kappa shape index (κ2) is 8.66. The molecule has 0 aromatic heterocycles. The van der Waals surface area contributed by atoms with Gasteiger partial charge in [-0.1, -0.05) is 19.1 Å². The van der Waals surface area contributed by atoms with E-state index in [1.165, 1.54) is 6.07 Å². The van der Waals surface area contributed by atoms with Crippen LogP contribution < -0.4 is 5.32 Å². The Morgan fingerprint density at radius 2 is 2.04 bits per heavy atom. The summed E-state index contributed by atoms with van der Waals surface area (Å²) in [4.78, 5) is 14.7. The van der Waals surface area contributed by atoms with Crippen molar-refractivity contribution in [3.63, 3.8) is 0 Å². The molecule has 0 radical (unpaired) electrons. The molecule has 1 N–H and O–H groups in total. The molecule has 1 saturated heterocycles. The smallest absolute Gasteiger partial charge is 0.255 e. The van der Waals surface area contributed by atoms with Crippen LogP contribution in [-0.4, -0.2) is 51.2 Å². The molecule has 5 nitrogen and oxygen atoms in total. The van der Waals surface area contributed by atoms with Crippen molar-refractivity contribution in [1.82, 2.24) is 10.2 Å². The lowest BCUT2D eigenvalue weighted by Crippen LogP contribution is -2.47. The topological polar surface area (TPSA) is 66.5 Å². The van der Waals surface area contributed by atoms with E-state index in [1.807, 2.05) is 14.0 Å². The quantitative estimate of drug-likeness (QED) is 0.873. The summed E-state index contributed by atoms with van der Waals surface area (Å²) in [6, 6.07) is 6.83. The lowest BCUT2D eigenvalue weighted by Gasteiger charge is -2.33. The van der Waals surface area contributed by atoms with Gasteiger partial charge in [-0.15, -0.1) is 12.4 Å². The lowest BCUT2D eigenvalue weighted by molar-refractivity contribution is 0.0694. The average molecular weight is 361 g/mol. The van der Waals surface area contributed by atoms with Crippen LogP contribution >= 0.6 is 12.4 Å². The van der Waals surface area contributed by atoms with Crippen LogP contribution in [0.1, 0.15) is 36.5 Å². The van der Waals surface area contributed by atoms with Gasteiger partial charge in [-0.05, 0) is 38.4 Å². The number of nitrogens with one attached hydrogen (secondary N) is 1. The van der Waals surface area contributed by atoms with E-state index in [2.05, 4.69) is 5.32 Å². The molecule has 7 heteroatoms. The number of amides is 1. The molecule has 1 fully saturated rings. The first-order valence-corrected chi connectivity index (χ1v) is 9.43. The number of carbonyl (C=O) groups is 1. The third-order valence-corrected chi connectivity index (χ3v) is 6.01. The number of sulfone groups is 1. The molecule has 1 atom stereocenters. The van der Waals surface area contributed by atoms with E-state index < -0.39 is 9.84 Å². The maximum absolute atomic E-state index is 12.8. The summed E-state index contributed by atoms with van der Waals surface area (Å²) in [5.74, 6) is -0.119. The maximum Gasteiger partial charge on any atom is 0.255 e. The molecule has 1 unspecified atom stereocenters. The third kappa shape index (κ3) is 4.68. The molecular weight excluding hydrogens is 336 g/mol. The molecule has 0 aliphatic carbocycles. The van der Waals surface area contributed by atoms with Crippen molar-refractivity contribution in [1.29, 1.82) is 0 Å². The van der Waals surface area contributed by atoms with Gasteiger partial charge >= 0.3 is 0 Å². The van der Waals surface area contributed by atoms with E-state index in [9.17, 15) is 13.2 Å². The van der Waals surface area contributed by atoms with Crippen molar-refractivity contribution in [2.45, 2.75) is 37.1 Å². The number of nitrogens with zero attached hydrogens (tertiary/aromatic N) is 1. The first-order chi connectivity index (χ1) is 10.5. The fraction of sp³-hybridized carbons (Fsp3) is 0.562. The van der Waals surface area contributed by atoms with Crippen molar-refractivity contribution in [2.24, 2.45) is 0 Å². The van der Waals surface area contributed by atoms with Crippen LogP contribution in [0.5, 0.6) is 0 Å². The zero-order chi connectivity index (χ0) is 16.2. The summed E-state index contributed by atoms with van der Waals surface area (Å²) in [7, 11) is -1.52. The number of hydrogen-bond acceptors (Lipinski definition) is 4. The number of carbonyl (C=O) groups excluding carboxylic acids is 1. The van der Waals surface area contributed by atoms with Crippen molar-refractivity contribution >= 4 is 28.2 Å².